The predicted molar refractivity (Wildman–Crippen MR) is 76.6 cm³/mol. The first kappa shape index (κ1) is 15.0. The van der Waals surface area contributed by atoms with Crippen molar-refractivity contribution >= 4 is 5.91 Å². The van der Waals surface area contributed by atoms with E-state index in [4.69, 9.17) is 4.74 Å². The number of carbonyl (C=O) groups is 1. The van der Waals surface area contributed by atoms with Gasteiger partial charge in [0.05, 0.1) is 12.5 Å². The van der Waals surface area contributed by atoms with Crippen LogP contribution >= 0.6 is 0 Å². The van der Waals surface area contributed by atoms with Crippen LogP contribution in [-0.4, -0.2) is 60.3 Å². The molecule has 2 rings (SSSR count). The minimum atomic E-state index is -0.0390. The third-order valence-electron chi connectivity index (χ3n) is 3.79. The van der Waals surface area contributed by atoms with Gasteiger partial charge in [-0.3, -0.25) is 4.79 Å². The van der Waals surface area contributed by atoms with E-state index in [0.717, 1.165) is 45.6 Å². The van der Waals surface area contributed by atoms with Crippen molar-refractivity contribution in [2.75, 3.05) is 39.9 Å². The van der Waals surface area contributed by atoms with Gasteiger partial charge in [-0.15, -0.1) is 0 Å². The molecule has 1 aromatic heterocycles. The number of rotatable bonds is 7. The minimum Gasteiger partial charge on any atom is -0.385 e. The van der Waals surface area contributed by atoms with Crippen LogP contribution in [0.3, 0.4) is 0 Å². The highest BCUT2D eigenvalue weighted by molar-refractivity contribution is 5.92. The maximum absolute atomic E-state index is 12.0. The zero-order valence-corrected chi connectivity index (χ0v) is 12.3. The molecular weight excluding hydrogens is 256 g/mol. The molecule has 1 amide bonds. The third-order valence-corrected chi connectivity index (χ3v) is 3.79. The molecule has 0 spiro atoms. The van der Waals surface area contributed by atoms with Crippen LogP contribution in [0.4, 0.5) is 0 Å². The normalized spacial score (nSPS) is 19.4. The topological polar surface area (TPSA) is 59.4 Å². The number of imidazole rings is 1. The SMILES string of the molecule is COCCCN1CC[C@H](CNC(=O)c2cncn2C)C1. The molecule has 1 saturated heterocycles. The van der Waals surface area contributed by atoms with E-state index in [9.17, 15) is 4.79 Å². The Hall–Kier alpha value is -1.40. The van der Waals surface area contributed by atoms with E-state index in [1.165, 1.54) is 0 Å². The van der Waals surface area contributed by atoms with E-state index in [2.05, 4.69) is 15.2 Å². The molecule has 1 aromatic rings. The molecule has 0 aromatic carbocycles. The molecule has 1 fully saturated rings. The monoisotopic (exact) mass is 280 g/mol. The summed E-state index contributed by atoms with van der Waals surface area (Å²) in [5, 5.41) is 3.00. The molecule has 20 heavy (non-hydrogen) atoms. The van der Waals surface area contributed by atoms with Crippen LogP contribution in [0.2, 0.25) is 0 Å². The molecule has 1 aliphatic heterocycles. The Balaban J connectivity index is 1.68. The highest BCUT2D eigenvalue weighted by Crippen LogP contribution is 2.15. The maximum atomic E-state index is 12.0. The third kappa shape index (κ3) is 4.05. The van der Waals surface area contributed by atoms with Crippen LogP contribution in [0, 0.1) is 5.92 Å². The number of carbonyl (C=O) groups excluding carboxylic acids is 1. The Morgan fingerprint density at radius 1 is 1.60 bits per heavy atom. The Labute approximate surface area is 120 Å². The first-order chi connectivity index (χ1) is 9.70. The standard InChI is InChI=1S/C14H24N4O2/c1-17-11-15-9-13(17)14(19)16-8-12-4-6-18(10-12)5-3-7-20-2/h9,11-12H,3-8,10H2,1-2H3,(H,16,19)/t12-/m1/s1. The Morgan fingerprint density at radius 2 is 2.45 bits per heavy atom. The smallest absolute Gasteiger partial charge is 0.269 e. The largest absolute Gasteiger partial charge is 0.385 e. The Kier molecular flexibility index (Phi) is 5.55. The zero-order valence-electron chi connectivity index (χ0n) is 12.3. The molecular formula is C14H24N4O2. The molecule has 0 unspecified atom stereocenters. The van der Waals surface area contributed by atoms with Crippen molar-refractivity contribution in [2.45, 2.75) is 12.8 Å². The average Bonchev–Trinajstić information content (AvgIpc) is 3.05. The van der Waals surface area contributed by atoms with Gasteiger partial charge in [0.25, 0.3) is 5.91 Å². The van der Waals surface area contributed by atoms with Crippen LogP contribution in [0.25, 0.3) is 0 Å². The van der Waals surface area contributed by atoms with Gasteiger partial charge in [0.2, 0.25) is 0 Å². The summed E-state index contributed by atoms with van der Waals surface area (Å²) in [6.07, 6.45) is 5.46. The molecule has 2 heterocycles. The Bertz CT molecular complexity index is 433. The predicted octanol–water partition coefficient (Wildman–Crippen LogP) is 0.508. The number of hydrogen-bond acceptors (Lipinski definition) is 4. The molecule has 0 bridgehead atoms. The van der Waals surface area contributed by atoms with Crippen molar-refractivity contribution in [1.29, 1.82) is 0 Å². The lowest BCUT2D eigenvalue weighted by Gasteiger charge is -2.16. The molecule has 0 radical (unpaired) electrons. The van der Waals surface area contributed by atoms with Crippen molar-refractivity contribution < 1.29 is 9.53 Å². The van der Waals surface area contributed by atoms with Crippen LogP contribution in [-0.2, 0) is 11.8 Å². The molecule has 1 aliphatic rings. The van der Waals surface area contributed by atoms with Gasteiger partial charge < -0.3 is 19.5 Å². The summed E-state index contributed by atoms with van der Waals surface area (Å²) in [6.45, 7) is 4.83. The van der Waals surface area contributed by atoms with E-state index in [-0.39, 0.29) is 5.91 Å². The lowest BCUT2D eigenvalue weighted by atomic mass is 10.1. The van der Waals surface area contributed by atoms with Crippen molar-refractivity contribution in [2.24, 2.45) is 13.0 Å². The number of methoxy groups -OCH3 is 1. The summed E-state index contributed by atoms with van der Waals surface area (Å²) in [5.41, 5.74) is 0.611. The van der Waals surface area contributed by atoms with E-state index in [0.29, 0.717) is 11.6 Å². The van der Waals surface area contributed by atoms with Gasteiger partial charge in [-0.1, -0.05) is 0 Å². The second-order valence-electron chi connectivity index (χ2n) is 5.40. The van der Waals surface area contributed by atoms with E-state index in [1.807, 2.05) is 7.05 Å². The number of amides is 1. The average molecular weight is 280 g/mol. The fourth-order valence-corrected chi connectivity index (χ4v) is 2.62. The maximum Gasteiger partial charge on any atom is 0.269 e. The summed E-state index contributed by atoms with van der Waals surface area (Å²) in [5.74, 6) is 0.512. The highest BCUT2D eigenvalue weighted by atomic mass is 16.5. The lowest BCUT2D eigenvalue weighted by Crippen LogP contribution is -2.32. The number of aryl methyl sites for hydroxylation is 1. The molecule has 0 saturated carbocycles. The second-order valence-corrected chi connectivity index (χ2v) is 5.40. The number of likely N-dealkylation sites (tertiary alicyclic amines) is 1. The first-order valence-electron chi connectivity index (χ1n) is 7.16. The van der Waals surface area contributed by atoms with Gasteiger partial charge in [0.1, 0.15) is 5.69 Å². The minimum absolute atomic E-state index is 0.0390. The summed E-state index contributed by atoms with van der Waals surface area (Å²) < 4.78 is 6.81. The van der Waals surface area contributed by atoms with Crippen LogP contribution in [0.15, 0.2) is 12.5 Å². The van der Waals surface area contributed by atoms with Gasteiger partial charge in [0.15, 0.2) is 0 Å². The Morgan fingerprint density at radius 3 is 3.15 bits per heavy atom. The molecule has 6 nitrogen and oxygen atoms in total. The van der Waals surface area contributed by atoms with Gasteiger partial charge >= 0.3 is 0 Å². The number of nitrogens with one attached hydrogen (secondary N) is 1. The van der Waals surface area contributed by atoms with Gasteiger partial charge in [-0.05, 0) is 25.3 Å². The molecule has 1 atom stereocenters. The van der Waals surface area contributed by atoms with Crippen molar-refractivity contribution in [3.05, 3.63) is 18.2 Å². The summed E-state index contributed by atoms with van der Waals surface area (Å²) in [7, 11) is 3.57. The van der Waals surface area contributed by atoms with Crippen LogP contribution in [0.5, 0.6) is 0 Å². The molecule has 0 aliphatic carbocycles. The van der Waals surface area contributed by atoms with E-state index < -0.39 is 0 Å². The van der Waals surface area contributed by atoms with Crippen LogP contribution in [0.1, 0.15) is 23.3 Å². The fourth-order valence-electron chi connectivity index (χ4n) is 2.62. The van der Waals surface area contributed by atoms with E-state index >= 15 is 0 Å². The number of aromatic nitrogens is 2. The summed E-state index contributed by atoms with van der Waals surface area (Å²) >= 11 is 0. The van der Waals surface area contributed by atoms with E-state index in [1.54, 1.807) is 24.2 Å². The summed E-state index contributed by atoms with van der Waals surface area (Å²) in [4.78, 5) is 18.4. The zero-order chi connectivity index (χ0) is 14.4. The van der Waals surface area contributed by atoms with Gasteiger partial charge in [0, 0.05) is 40.4 Å². The second kappa shape index (κ2) is 7.40. The number of hydrogen-bond donors (Lipinski definition) is 1. The fraction of sp³-hybridized carbons (Fsp3) is 0.714. The first-order valence-corrected chi connectivity index (χ1v) is 7.16. The molecule has 1 N–H and O–H groups in total. The highest BCUT2D eigenvalue weighted by Gasteiger charge is 2.22. The van der Waals surface area contributed by atoms with Crippen LogP contribution < -0.4 is 5.32 Å². The molecule has 112 valence electrons. The van der Waals surface area contributed by atoms with Crippen molar-refractivity contribution in [3.63, 3.8) is 0 Å². The molecule has 6 heteroatoms. The lowest BCUT2D eigenvalue weighted by molar-refractivity contribution is 0.0939. The number of nitrogens with zero attached hydrogens (tertiary/aromatic N) is 3. The van der Waals surface area contributed by atoms with Crippen molar-refractivity contribution in [3.8, 4) is 0 Å². The van der Waals surface area contributed by atoms with Crippen molar-refractivity contribution in [1.82, 2.24) is 19.8 Å². The van der Waals surface area contributed by atoms with Gasteiger partial charge in [-0.25, -0.2) is 4.98 Å². The summed E-state index contributed by atoms with van der Waals surface area (Å²) in [6, 6.07) is 0. The number of ether oxygens (including phenoxy) is 1. The quantitative estimate of drug-likeness (QED) is 0.739. The van der Waals surface area contributed by atoms with Gasteiger partial charge in [-0.2, -0.15) is 0 Å².